The van der Waals surface area contributed by atoms with Gasteiger partial charge in [-0.25, -0.2) is 0 Å². The Labute approximate surface area is 123 Å². The van der Waals surface area contributed by atoms with Crippen molar-refractivity contribution in [2.75, 3.05) is 0 Å². The number of halogens is 1. The van der Waals surface area contributed by atoms with Gasteiger partial charge >= 0.3 is 0 Å². The molecule has 2 nitrogen and oxygen atoms in total. The van der Waals surface area contributed by atoms with Crippen LogP contribution in [0, 0.1) is 6.92 Å². The van der Waals surface area contributed by atoms with E-state index in [0.29, 0.717) is 6.54 Å². The number of ketones is 1. The molecule has 0 aliphatic carbocycles. The Morgan fingerprint density at radius 2 is 2.11 bits per heavy atom. The third kappa shape index (κ3) is 2.51. The Hall–Kier alpha value is -1.39. The first kappa shape index (κ1) is 12.6. The van der Waals surface area contributed by atoms with Gasteiger partial charge in [-0.3, -0.25) is 4.79 Å². The van der Waals surface area contributed by atoms with E-state index < -0.39 is 0 Å². The summed E-state index contributed by atoms with van der Waals surface area (Å²) in [5, 5.41) is 1.15. The Morgan fingerprint density at radius 1 is 1.26 bits per heavy atom. The number of carbonyl (C=O) groups excluding carboxylic acids is 1. The highest BCUT2D eigenvalue weighted by Gasteiger charge is 2.10. The monoisotopic (exact) mass is 333 g/mol. The molecule has 0 radical (unpaired) electrons. The Morgan fingerprint density at radius 3 is 2.84 bits per heavy atom. The van der Waals surface area contributed by atoms with Crippen molar-refractivity contribution in [3.05, 3.63) is 56.8 Å². The molecule has 4 heteroatoms. The van der Waals surface area contributed by atoms with E-state index in [1.807, 2.05) is 48.0 Å². The van der Waals surface area contributed by atoms with E-state index in [9.17, 15) is 4.79 Å². The molecule has 96 valence electrons. The number of fused-ring (bicyclic) bond motifs is 1. The van der Waals surface area contributed by atoms with Crippen molar-refractivity contribution in [1.29, 1.82) is 0 Å². The van der Waals surface area contributed by atoms with Gasteiger partial charge in [0.05, 0.1) is 11.4 Å². The molecule has 2 heterocycles. The molecule has 3 rings (SSSR count). The fourth-order valence-corrected chi connectivity index (χ4v) is 3.26. The topological polar surface area (TPSA) is 22.0 Å². The molecule has 0 bridgehead atoms. The van der Waals surface area contributed by atoms with Crippen LogP contribution in [0.3, 0.4) is 0 Å². The van der Waals surface area contributed by atoms with E-state index in [-0.39, 0.29) is 5.78 Å². The van der Waals surface area contributed by atoms with E-state index in [1.54, 1.807) is 11.3 Å². The highest BCUT2D eigenvalue weighted by molar-refractivity contribution is 9.10. The van der Waals surface area contributed by atoms with Gasteiger partial charge in [-0.05, 0) is 42.6 Å². The number of carbonyl (C=O) groups is 1. The van der Waals surface area contributed by atoms with Crippen LogP contribution in [0.2, 0.25) is 0 Å². The number of benzene rings is 1. The SMILES string of the molecule is Cc1ccc(C(=O)Cn2ccc3ccc(Br)cc32)s1. The van der Waals surface area contributed by atoms with Gasteiger partial charge in [0.25, 0.3) is 0 Å². The van der Waals surface area contributed by atoms with Crippen LogP contribution in [0.25, 0.3) is 10.9 Å². The van der Waals surface area contributed by atoms with E-state index in [4.69, 9.17) is 0 Å². The minimum absolute atomic E-state index is 0.163. The zero-order valence-electron chi connectivity index (χ0n) is 10.4. The predicted octanol–water partition coefficient (Wildman–Crippen LogP) is 4.66. The summed E-state index contributed by atoms with van der Waals surface area (Å²) in [6.07, 6.45) is 1.97. The Bertz CT molecular complexity index is 756. The largest absolute Gasteiger partial charge is 0.340 e. The minimum atomic E-state index is 0.163. The van der Waals surface area contributed by atoms with Crippen LogP contribution in [0.1, 0.15) is 14.5 Å². The summed E-state index contributed by atoms with van der Waals surface area (Å²) in [7, 11) is 0. The number of rotatable bonds is 3. The average Bonchev–Trinajstić information content (AvgIpc) is 2.97. The van der Waals surface area contributed by atoms with Gasteiger partial charge in [0.2, 0.25) is 0 Å². The third-order valence-electron chi connectivity index (χ3n) is 3.07. The van der Waals surface area contributed by atoms with E-state index in [2.05, 4.69) is 22.0 Å². The van der Waals surface area contributed by atoms with Crippen molar-refractivity contribution >= 4 is 44.0 Å². The number of nitrogens with zero attached hydrogens (tertiary/aromatic N) is 1. The smallest absolute Gasteiger partial charge is 0.192 e. The van der Waals surface area contributed by atoms with Gasteiger partial charge in [-0.2, -0.15) is 0 Å². The van der Waals surface area contributed by atoms with Crippen molar-refractivity contribution in [3.63, 3.8) is 0 Å². The molecule has 1 aromatic carbocycles. The molecule has 0 atom stereocenters. The standard InChI is InChI=1S/C15H12BrNOS/c1-10-2-5-15(19-10)14(18)9-17-7-6-11-3-4-12(16)8-13(11)17/h2-8H,9H2,1H3. The summed E-state index contributed by atoms with van der Waals surface area (Å²) in [5.74, 6) is 0.163. The molecule has 0 N–H and O–H groups in total. The second kappa shape index (κ2) is 4.94. The van der Waals surface area contributed by atoms with Gasteiger partial charge in [-0.15, -0.1) is 11.3 Å². The second-order valence-electron chi connectivity index (χ2n) is 4.48. The highest BCUT2D eigenvalue weighted by atomic mass is 79.9. The van der Waals surface area contributed by atoms with E-state index in [0.717, 1.165) is 20.3 Å². The van der Waals surface area contributed by atoms with Gasteiger partial charge in [0, 0.05) is 21.1 Å². The molecule has 0 unspecified atom stereocenters. The first-order valence-electron chi connectivity index (χ1n) is 5.97. The van der Waals surface area contributed by atoms with Crippen LogP contribution in [-0.4, -0.2) is 10.4 Å². The molecular weight excluding hydrogens is 322 g/mol. The maximum atomic E-state index is 12.2. The van der Waals surface area contributed by atoms with Crippen LogP contribution >= 0.6 is 27.3 Å². The molecule has 0 saturated heterocycles. The van der Waals surface area contributed by atoms with Crippen molar-refractivity contribution in [3.8, 4) is 0 Å². The molecule has 0 fully saturated rings. The van der Waals surface area contributed by atoms with Crippen LogP contribution in [0.15, 0.2) is 47.1 Å². The predicted molar refractivity (Wildman–Crippen MR) is 83.0 cm³/mol. The first-order chi connectivity index (χ1) is 9.13. The zero-order valence-corrected chi connectivity index (χ0v) is 12.8. The fourth-order valence-electron chi connectivity index (χ4n) is 2.11. The lowest BCUT2D eigenvalue weighted by atomic mass is 10.2. The van der Waals surface area contributed by atoms with Gasteiger partial charge in [-0.1, -0.05) is 22.0 Å². The molecule has 0 saturated carbocycles. The first-order valence-corrected chi connectivity index (χ1v) is 7.58. The maximum Gasteiger partial charge on any atom is 0.192 e. The lowest BCUT2D eigenvalue weighted by Gasteiger charge is -2.04. The average molecular weight is 334 g/mol. The van der Waals surface area contributed by atoms with Crippen molar-refractivity contribution in [1.82, 2.24) is 4.57 Å². The molecular formula is C15H12BrNOS. The van der Waals surface area contributed by atoms with Crippen molar-refractivity contribution < 1.29 is 4.79 Å². The second-order valence-corrected chi connectivity index (χ2v) is 6.68. The normalized spacial score (nSPS) is 11.1. The molecule has 2 aromatic heterocycles. The summed E-state index contributed by atoms with van der Waals surface area (Å²) in [4.78, 5) is 14.2. The molecule has 0 aliphatic rings. The summed E-state index contributed by atoms with van der Waals surface area (Å²) in [5.41, 5.74) is 1.08. The minimum Gasteiger partial charge on any atom is -0.340 e. The van der Waals surface area contributed by atoms with Crippen LogP contribution < -0.4 is 0 Å². The van der Waals surface area contributed by atoms with Crippen molar-refractivity contribution in [2.45, 2.75) is 13.5 Å². The van der Waals surface area contributed by atoms with Crippen LogP contribution in [0.4, 0.5) is 0 Å². The summed E-state index contributed by atoms with van der Waals surface area (Å²) in [6.45, 7) is 2.41. The summed E-state index contributed by atoms with van der Waals surface area (Å²) >= 11 is 5.02. The number of Topliss-reactive ketones (excluding diaryl/α,β-unsaturated/α-hetero) is 1. The summed E-state index contributed by atoms with van der Waals surface area (Å²) in [6, 6.07) is 12.0. The maximum absolute atomic E-state index is 12.2. The van der Waals surface area contributed by atoms with Gasteiger partial charge < -0.3 is 4.57 Å². The Kier molecular flexibility index (Phi) is 3.29. The van der Waals surface area contributed by atoms with Crippen LogP contribution in [0.5, 0.6) is 0 Å². The molecule has 0 spiro atoms. The number of aromatic nitrogens is 1. The molecule has 0 amide bonds. The Balaban J connectivity index is 1.93. The quantitative estimate of drug-likeness (QED) is 0.639. The lowest BCUT2D eigenvalue weighted by molar-refractivity contribution is 0.0977. The highest BCUT2D eigenvalue weighted by Crippen LogP contribution is 2.22. The fraction of sp³-hybridized carbons (Fsp3) is 0.133. The number of hydrogen-bond donors (Lipinski definition) is 0. The number of aryl methyl sites for hydroxylation is 1. The third-order valence-corrected chi connectivity index (χ3v) is 4.60. The zero-order chi connectivity index (χ0) is 13.4. The molecule has 19 heavy (non-hydrogen) atoms. The molecule has 0 aliphatic heterocycles. The van der Waals surface area contributed by atoms with Gasteiger partial charge in [0.15, 0.2) is 5.78 Å². The van der Waals surface area contributed by atoms with E-state index >= 15 is 0 Å². The summed E-state index contributed by atoms with van der Waals surface area (Å²) < 4.78 is 3.02. The van der Waals surface area contributed by atoms with E-state index in [1.165, 1.54) is 4.88 Å². The molecule has 3 aromatic rings. The van der Waals surface area contributed by atoms with Crippen LogP contribution in [-0.2, 0) is 6.54 Å². The number of thiophene rings is 1. The lowest BCUT2D eigenvalue weighted by Crippen LogP contribution is -2.07. The van der Waals surface area contributed by atoms with Crippen molar-refractivity contribution in [2.24, 2.45) is 0 Å². The number of hydrogen-bond acceptors (Lipinski definition) is 2. The van der Waals surface area contributed by atoms with Gasteiger partial charge in [0.1, 0.15) is 0 Å².